The molecule has 0 amide bonds. The van der Waals surface area contributed by atoms with E-state index in [1.54, 1.807) is 0 Å². The van der Waals surface area contributed by atoms with E-state index in [1.165, 1.54) is 0 Å². The van der Waals surface area contributed by atoms with Gasteiger partial charge >= 0.3 is 0 Å². The molecule has 2 aromatic rings. The predicted molar refractivity (Wildman–Crippen MR) is 81.1 cm³/mol. The Bertz CT molecular complexity index is 626. The van der Waals surface area contributed by atoms with Crippen LogP contribution in [-0.2, 0) is 0 Å². The van der Waals surface area contributed by atoms with Crippen LogP contribution >= 0.6 is 23.2 Å². The summed E-state index contributed by atoms with van der Waals surface area (Å²) in [6.07, 6.45) is 0. The fraction of sp³-hybridized carbons (Fsp3) is 0.200. The van der Waals surface area contributed by atoms with Gasteiger partial charge in [0.25, 0.3) is 0 Å². The zero-order valence-electron chi connectivity index (χ0n) is 10.8. The fourth-order valence-electron chi connectivity index (χ4n) is 2.12. The molecule has 0 saturated heterocycles. The molecule has 0 spiro atoms. The van der Waals surface area contributed by atoms with Crippen molar-refractivity contribution in [3.05, 3.63) is 52.0 Å². The molecule has 3 nitrogen and oxygen atoms in total. The van der Waals surface area contributed by atoms with Crippen molar-refractivity contribution in [1.29, 1.82) is 0 Å². The molecular weight excluding hydrogens is 297 g/mol. The van der Waals surface area contributed by atoms with E-state index < -0.39 is 0 Å². The van der Waals surface area contributed by atoms with E-state index in [2.05, 4.69) is 5.32 Å². The SMILES string of the molecule is CC(Nc1c(Cl)cccc1Cl)c1ccc2c(c1)OCO2. The van der Waals surface area contributed by atoms with Gasteiger partial charge in [-0.05, 0) is 36.8 Å². The first-order valence-corrected chi connectivity index (χ1v) is 7.01. The first kappa shape index (κ1) is 13.4. The fourth-order valence-corrected chi connectivity index (χ4v) is 2.62. The second-order valence-corrected chi connectivity index (χ2v) is 5.39. The van der Waals surface area contributed by atoms with Crippen molar-refractivity contribution in [2.75, 3.05) is 12.1 Å². The molecule has 0 aliphatic carbocycles. The number of hydrogen-bond donors (Lipinski definition) is 1. The molecule has 2 aromatic carbocycles. The Balaban J connectivity index is 1.84. The van der Waals surface area contributed by atoms with Crippen LogP contribution in [0, 0.1) is 0 Å². The summed E-state index contributed by atoms with van der Waals surface area (Å²) in [4.78, 5) is 0. The largest absolute Gasteiger partial charge is 0.454 e. The zero-order valence-corrected chi connectivity index (χ0v) is 12.3. The molecule has 20 heavy (non-hydrogen) atoms. The summed E-state index contributed by atoms with van der Waals surface area (Å²) in [5.41, 5.74) is 1.81. The van der Waals surface area contributed by atoms with Gasteiger partial charge in [-0.3, -0.25) is 0 Å². The van der Waals surface area contributed by atoms with Crippen LogP contribution in [0.5, 0.6) is 11.5 Å². The lowest BCUT2D eigenvalue weighted by molar-refractivity contribution is 0.174. The average Bonchev–Trinajstić information content (AvgIpc) is 2.90. The molecule has 0 saturated carbocycles. The van der Waals surface area contributed by atoms with Crippen LogP contribution in [0.25, 0.3) is 0 Å². The lowest BCUT2D eigenvalue weighted by Gasteiger charge is -2.18. The quantitative estimate of drug-likeness (QED) is 0.875. The minimum Gasteiger partial charge on any atom is -0.454 e. The van der Waals surface area contributed by atoms with Crippen molar-refractivity contribution < 1.29 is 9.47 Å². The highest BCUT2D eigenvalue weighted by Crippen LogP contribution is 2.37. The van der Waals surface area contributed by atoms with E-state index in [0.717, 1.165) is 22.7 Å². The standard InChI is InChI=1S/C15H13Cl2NO2/c1-9(18-15-11(16)3-2-4-12(15)17)10-5-6-13-14(7-10)20-8-19-13/h2-7,9,18H,8H2,1H3. The van der Waals surface area contributed by atoms with Crippen LogP contribution in [-0.4, -0.2) is 6.79 Å². The Morgan fingerprint density at radius 1 is 1.05 bits per heavy atom. The van der Waals surface area contributed by atoms with Gasteiger partial charge in [0.2, 0.25) is 6.79 Å². The number of anilines is 1. The third-order valence-corrected chi connectivity index (χ3v) is 3.85. The van der Waals surface area contributed by atoms with Gasteiger partial charge in [0.05, 0.1) is 15.7 Å². The number of fused-ring (bicyclic) bond motifs is 1. The van der Waals surface area contributed by atoms with Crippen LogP contribution in [0.2, 0.25) is 10.0 Å². The Morgan fingerprint density at radius 3 is 2.50 bits per heavy atom. The first-order valence-electron chi connectivity index (χ1n) is 6.25. The highest BCUT2D eigenvalue weighted by molar-refractivity contribution is 6.39. The van der Waals surface area contributed by atoms with Gasteiger partial charge in [-0.2, -0.15) is 0 Å². The highest BCUT2D eigenvalue weighted by atomic mass is 35.5. The summed E-state index contributed by atoms with van der Waals surface area (Å²) in [6, 6.07) is 11.3. The van der Waals surface area contributed by atoms with E-state index in [0.29, 0.717) is 10.0 Å². The maximum Gasteiger partial charge on any atom is 0.231 e. The number of nitrogens with one attached hydrogen (secondary N) is 1. The topological polar surface area (TPSA) is 30.5 Å². The van der Waals surface area contributed by atoms with Crippen LogP contribution < -0.4 is 14.8 Å². The molecule has 1 aliphatic heterocycles. The number of benzene rings is 2. The van der Waals surface area contributed by atoms with Crippen molar-refractivity contribution in [3.8, 4) is 11.5 Å². The van der Waals surface area contributed by atoms with Gasteiger partial charge in [-0.1, -0.05) is 35.3 Å². The number of rotatable bonds is 3. The molecule has 1 heterocycles. The predicted octanol–water partition coefficient (Wildman–Crippen LogP) is 4.90. The van der Waals surface area contributed by atoms with Crippen LogP contribution in [0.1, 0.15) is 18.5 Å². The van der Waals surface area contributed by atoms with Gasteiger partial charge in [0.15, 0.2) is 11.5 Å². The molecule has 0 bridgehead atoms. The summed E-state index contributed by atoms with van der Waals surface area (Å²) in [6.45, 7) is 2.31. The van der Waals surface area contributed by atoms with Gasteiger partial charge in [0.1, 0.15) is 0 Å². The van der Waals surface area contributed by atoms with Crippen molar-refractivity contribution in [1.82, 2.24) is 0 Å². The van der Waals surface area contributed by atoms with Gasteiger partial charge < -0.3 is 14.8 Å². The molecule has 0 radical (unpaired) electrons. The number of para-hydroxylation sites is 1. The molecule has 1 N–H and O–H groups in total. The summed E-state index contributed by atoms with van der Waals surface area (Å²) >= 11 is 12.3. The lowest BCUT2D eigenvalue weighted by atomic mass is 10.1. The van der Waals surface area contributed by atoms with Crippen molar-refractivity contribution in [3.63, 3.8) is 0 Å². The maximum absolute atomic E-state index is 6.16. The summed E-state index contributed by atoms with van der Waals surface area (Å²) in [5.74, 6) is 1.54. The molecule has 0 aromatic heterocycles. The van der Waals surface area contributed by atoms with Crippen LogP contribution in [0.4, 0.5) is 5.69 Å². The maximum atomic E-state index is 6.16. The Hall–Kier alpha value is -1.58. The average molecular weight is 310 g/mol. The second-order valence-electron chi connectivity index (χ2n) is 4.58. The molecule has 104 valence electrons. The smallest absolute Gasteiger partial charge is 0.231 e. The third kappa shape index (κ3) is 2.51. The second kappa shape index (κ2) is 5.43. The van der Waals surface area contributed by atoms with Crippen molar-refractivity contribution in [2.45, 2.75) is 13.0 Å². The molecular formula is C15H13Cl2NO2. The lowest BCUT2D eigenvalue weighted by Crippen LogP contribution is -2.07. The van der Waals surface area contributed by atoms with E-state index in [4.69, 9.17) is 32.7 Å². The van der Waals surface area contributed by atoms with Gasteiger partial charge in [0, 0.05) is 6.04 Å². The number of halogens is 2. The van der Waals surface area contributed by atoms with Gasteiger partial charge in [-0.15, -0.1) is 0 Å². The zero-order chi connectivity index (χ0) is 14.1. The molecule has 1 aliphatic rings. The van der Waals surface area contributed by atoms with Crippen molar-refractivity contribution in [2.24, 2.45) is 0 Å². The Kier molecular flexibility index (Phi) is 3.64. The molecule has 0 fully saturated rings. The summed E-state index contributed by atoms with van der Waals surface area (Å²) in [5, 5.41) is 4.53. The Labute approximate surface area is 127 Å². The minimum absolute atomic E-state index is 0.0434. The van der Waals surface area contributed by atoms with Crippen molar-refractivity contribution >= 4 is 28.9 Å². The third-order valence-electron chi connectivity index (χ3n) is 3.22. The van der Waals surface area contributed by atoms with E-state index in [9.17, 15) is 0 Å². The molecule has 1 atom stereocenters. The Morgan fingerprint density at radius 2 is 1.75 bits per heavy atom. The molecule has 3 rings (SSSR count). The summed E-state index contributed by atoms with van der Waals surface area (Å²) in [7, 11) is 0. The normalized spacial score (nSPS) is 14.2. The van der Waals surface area contributed by atoms with E-state index in [1.807, 2.05) is 43.3 Å². The van der Waals surface area contributed by atoms with Gasteiger partial charge in [-0.25, -0.2) is 0 Å². The first-order chi connectivity index (χ1) is 9.65. The minimum atomic E-state index is 0.0434. The summed E-state index contributed by atoms with van der Waals surface area (Å²) < 4.78 is 10.7. The van der Waals surface area contributed by atoms with E-state index >= 15 is 0 Å². The number of ether oxygens (including phenoxy) is 2. The monoisotopic (exact) mass is 309 g/mol. The van der Waals surface area contributed by atoms with Crippen LogP contribution in [0.3, 0.4) is 0 Å². The molecule has 5 heteroatoms. The van der Waals surface area contributed by atoms with Crippen LogP contribution in [0.15, 0.2) is 36.4 Å². The molecule has 1 unspecified atom stereocenters. The number of hydrogen-bond acceptors (Lipinski definition) is 3. The van der Waals surface area contributed by atoms with E-state index in [-0.39, 0.29) is 12.8 Å². The highest BCUT2D eigenvalue weighted by Gasteiger charge is 2.16.